The Morgan fingerprint density at radius 3 is 3.00 bits per heavy atom. The van der Waals surface area contributed by atoms with Gasteiger partial charge in [0.25, 0.3) is 0 Å². The molecular formula is C16H19N3. The number of para-hydroxylation sites is 1. The van der Waals surface area contributed by atoms with Gasteiger partial charge < -0.3 is 9.88 Å². The highest BCUT2D eigenvalue weighted by Crippen LogP contribution is 2.41. The molecule has 1 aromatic carbocycles. The summed E-state index contributed by atoms with van der Waals surface area (Å²) in [5.74, 6) is 0. The van der Waals surface area contributed by atoms with E-state index >= 15 is 0 Å². The molecule has 3 heteroatoms. The van der Waals surface area contributed by atoms with E-state index < -0.39 is 0 Å². The van der Waals surface area contributed by atoms with Gasteiger partial charge >= 0.3 is 0 Å². The minimum absolute atomic E-state index is 0.412. The molecule has 2 aliphatic heterocycles. The zero-order chi connectivity index (χ0) is 13.0. The summed E-state index contributed by atoms with van der Waals surface area (Å²) in [7, 11) is 0. The fourth-order valence-corrected chi connectivity index (χ4v) is 3.66. The zero-order valence-corrected chi connectivity index (χ0v) is 11.4. The van der Waals surface area contributed by atoms with Gasteiger partial charge in [-0.25, -0.2) is 0 Å². The van der Waals surface area contributed by atoms with Crippen molar-refractivity contribution in [3.8, 4) is 0 Å². The summed E-state index contributed by atoms with van der Waals surface area (Å²) in [5, 5.41) is 4.90. The van der Waals surface area contributed by atoms with Crippen molar-refractivity contribution in [2.24, 2.45) is 0 Å². The number of nitrogens with zero attached hydrogens (tertiary/aromatic N) is 1. The number of hydrogen-bond donors (Lipinski definition) is 2. The number of allylic oxidation sites excluding steroid dienone is 1. The third-order valence-corrected chi connectivity index (χ3v) is 4.48. The molecular weight excluding hydrogens is 234 g/mol. The maximum Gasteiger partial charge on any atom is 0.0771 e. The van der Waals surface area contributed by atoms with Crippen LogP contribution >= 0.6 is 0 Å². The second-order valence-electron chi connectivity index (χ2n) is 5.63. The standard InChI is InChI=1S/C16H19N3/c1-10-9-13-12-5-3-4-6-14(12)18-16(13)15-7-8-17-11(2)19(10)15/h3-6,9,11,15,17-18H,7-8H2,1-2H3. The minimum atomic E-state index is 0.412. The van der Waals surface area contributed by atoms with E-state index in [1.807, 2.05) is 0 Å². The zero-order valence-electron chi connectivity index (χ0n) is 11.4. The van der Waals surface area contributed by atoms with Crippen LogP contribution in [0.2, 0.25) is 0 Å². The Bertz CT molecular complexity index is 668. The van der Waals surface area contributed by atoms with E-state index in [-0.39, 0.29) is 0 Å². The molecule has 2 atom stereocenters. The lowest BCUT2D eigenvalue weighted by molar-refractivity contribution is 0.117. The lowest BCUT2D eigenvalue weighted by atomic mass is 9.94. The van der Waals surface area contributed by atoms with Crippen LogP contribution in [0.1, 0.15) is 37.6 Å². The molecule has 1 saturated heterocycles. The average molecular weight is 253 g/mol. The highest BCUT2D eigenvalue weighted by molar-refractivity contribution is 5.91. The number of fused-ring (bicyclic) bond motifs is 5. The van der Waals surface area contributed by atoms with Crippen LogP contribution in [0, 0.1) is 0 Å². The lowest BCUT2D eigenvalue weighted by Crippen LogP contribution is -2.51. The van der Waals surface area contributed by atoms with Crippen LogP contribution < -0.4 is 5.32 Å². The molecule has 1 aromatic heterocycles. The molecule has 2 aliphatic rings. The van der Waals surface area contributed by atoms with Crippen LogP contribution in [0.5, 0.6) is 0 Å². The first-order chi connectivity index (χ1) is 9.25. The second-order valence-corrected chi connectivity index (χ2v) is 5.63. The van der Waals surface area contributed by atoms with Crippen molar-refractivity contribution in [3.63, 3.8) is 0 Å². The van der Waals surface area contributed by atoms with Gasteiger partial charge in [-0.3, -0.25) is 5.32 Å². The molecule has 2 unspecified atom stereocenters. The summed E-state index contributed by atoms with van der Waals surface area (Å²) in [5.41, 5.74) is 5.40. The molecule has 2 aromatic rings. The third kappa shape index (κ3) is 1.48. The maximum atomic E-state index is 3.64. The molecule has 0 spiro atoms. The van der Waals surface area contributed by atoms with Crippen LogP contribution in [0.15, 0.2) is 30.0 Å². The van der Waals surface area contributed by atoms with Gasteiger partial charge in [0.15, 0.2) is 0 Å². The van der Waals surface area contributed by atoms with Gasteiger partial charge in [0.2, 0.25) is 0 Å². The van der Waals surface area contributed by atoms with Crippen molar-refractivity contribution in [1.82, 2.24) is 15.2 Å². The number of aromatic amines is 1. The van der Waals surface area contributed by atoms with E-state index in [0.717, 1.165) is 13.0 Å². The van der Waals surface area contributed by atoms with Crippen molar-refractivity contribution in [1.29, 1.82) is 0 Å². The van der Waals surface area contributed by atoms with Crippen LogP contribution in [0.3, 0.4) is 0 Å². The first-order valence-electron chi connectivity index (χ1n) is 7.06. The van der Waals surface area contributed by atoms with E-state index in [0.29, 0.717) is 12.2 Å². The molecule has 3 heterocycles. The normalized spacial score (nSPS) is 26.0. The number of aromatic nitrogens is 1. The Hall–Kier alpha value is -1.74. The third-order valence-electron chi connectivity index (χ3n) is 4.48. The first-order valence-corrected chi connectivity index (χ1v) is 7.06. The fraction of sp³-hybridized carbons (Fsp3) is 0.375. The SMILES string of the molecule is CC1=Cc2c([nH]c3ccccc23)C2CCNC(C)N12. The smallest absolute Gasteiger partial charge is 0.0771 e. The number of benzene rings is 1. The molecule has 4 rings (SSSR count). The Kier molecular flexibility index (Phi) is 2.27. The summed E-state index contributed by atoms with van der Waals surface area (Å²) in [6.45, 7) is 5.56. The minimum Gasteiger partial charge on any atom is -0.356 e. The summed E-state index contributed by atoms with van der Waals surface area (Å²) in [6.07, 6.45) is 3.90. The van der Waals surface area contributed by atoms with E-state index in [4.69, 9.17) is 0 Å². The van der Waals surface area contributed by atoms with Gasteiger partial charge in [0.05, 0.1) is 12.2 Å². The predicted molar refractivity (Wildman–Crippen MR) is 78.6 cm³/mol. The number of H-pyrrole nitrogens is 1. The van der Waals surface area contributed by atoms with Gasteiger partial charge in [-0.05, 0) is 39.0 Å². The lowest BCUT2D eigenvalue weighted by Gasteiger charge is -2.45. The molecule has 0 amide bonds. The van der Waals surface area contributed by atoms with Crippen molar-refractivity contribution in [2.45, 2.75) is 32.5 Å². The largest absolute Gasteiger partial charge is 0.356 e. The first kappa shape index (κ1) is 11.1. The molecule has 3 nitrogen and oxygen atoms in total. The monoisotopic (exact) mass is 253 g/mol. The summed E-state index contributed by atoms with van der Waals surface area (Å²) < 4.78 is 0. The van der Waals surface area contributed by atoms with E-state index in [1.54, 1.807) is 0 Å². The van der Waals surface area contributed by atoms with E-state index in [1.165, 1.54) is 27.9 Å². The number of rotatable bonds is 0. The van der Waals surface area contributed by atoms with Crippen LogP contribution in [0.25, 0.3) is 17.0 Å². The molecule has 1 fully saturated rings. The van der Waals surface area contributed by atoms with E-state index in [9.17, 15) is 0 Å². The van der Waals surface area contributed by atoms with E-state index in [2.05, 4.69) is 59.4 Å². The van der Waals surface area contributed by atoms with Crippen molar-refractivity contribution >= 4 is 17.0 Å². The molecule has 0 bridgehead atoms. The molecule has 0 saturated carbocycles. The van der Waals surface area contributed by atoms with Gasteiger partial charge in [-0.1, -0.05) is 18.2 Å². The predicted octanol–water partition coefficient (Wildman–Crippen LogP) is 3.22. The Balaban J connectivity index is 1.96. The van der Waals surface area contributed by atoms with Crippen molar-refractivity contribution < 1.29 is 0 Å². The topological polar surface area (TPSA) is 31.1 Å². The van der Waals surface area contributed by atoms with Gasteiger partial charge in [-0.2, -0.15) is 0 Å². The van der Waals surface area contributed by atoms with Crippen molar-refractivity contribution in [3.05, 3.63) is 41.2 Å². The Morgan fingerprint density at radius 2 is 2.11 bits per heavy atom. The molecule has 98 valence electrons. The van der Waals surface area contributed by atoms with Gasteiger partial charge in [0.1, 0.15) is 0 Å². The van der Waals surface area contributed by atoms with Crippen molar-refractivity contribution in [2.75, 3.05) is 6.54 Å². The summed E-state index contributed by atoms with van der Waals surface area (Å²) in [4.78, 5) is 6.14. The number of nitrogens with one attached hydrogen (secondary N) is 2. The molecule has 0 aliphatic carbocycles. The molecule has 2 N–H and O–H groups in total. The second kappa shape index (κ2) is 3.87. The van der Waals surface area contributed by atoms with Crippen LogP contribution in [-0.4, -0.2) is 22.6 Å². The summed E-state index contributed by atoms with van der Waals surface area (Å²) in [6, 6.07) is 9.10. The Labute approximate surface area is 113 Å². The highest BCUT2D eigenvalue weighted by atomic mass is 15.3. The highest BCUT2D eigenvalue weighted by Gasteiger charge is 2.34. The number of hydrogen-bond acceptors (Lipinski definition) is 2. The van der Waals surface area contributed by atoms with Gasteiger partial charge in [-0.15, -0.1) is 0 Å². The Morgan fingerprint density at radius 1 is 1.26 bits per heavy atom. The fourth-order valence-electron chi connectivity index (χ4n) is 3.66. The maximum absolute atomic E-state index is 3.64. The van der Waals surface area contributed by atoms with Crippen LogP contribution in [0.4, 0.5) is 0 Å². The molecule has 19 heavy (non-hydrogen) atoms. The molecule has 0 radical (unpaired) electrons. The summed E-state index contributed by atoms with van der Waals surface area (Å²) >= 11 is 0. The van der Waals surface area contributed by atoms with Gasteiger partial charge in [0, 0.05) is 27.9 Å². The van der Waals surface area contributed by atoms with Crippen LogP contribution in [-0.2, 0) is 0 Å². The average Bonchev–Trinajstić information content (AvgIpc) is 2.78. The quantitative estimate of drug-likeness (QED) is 0.755.